The van der Waals surface area contributed by atoms with E-state index in [1.165, 1.54) is 0 Å². The summed E-state index contributed by atoms with van der Waals surface area (Å²) in [7, 11) is 0. The van der Waals surface area contributed by atoms with Crippen LogP contribution in [0.25, 0.3) is 10.9 Å². The Labute approximate surface area is 158 Å². The molecule has 0 N–H and O–H groups in total. The first-order valence-electron chi connectivity index (χ1n) is 9.54. The van der Waals surface area contributed by atoms with Crippen molar-refractivity contribution in [1.29, 1.82) is 0 Å². The van der Waals surface area contributed by atoms with Crippen LogP contribution in [0.4, 0.5) is 0 Å². The van der Waals surface area contributed by atoms with Crippen molar-refractivity contribution in [3.63, 3.8) is 0 Å². The van der Waals surface area contributed by atoms with Crippen molar-refractivity contribution in [1.82, 2.24) is 14.9 Å². The maximum Gasteiger partial charge on any atom is 0.272 e. The van der Waals surface area contributed by atoms with Crippen LogP contribution in [-0.2, 0) is 0 Å². The number of ether oxygens (including phenoxy) is 1. The zero-order chi connectivity index (χ0) is 18.2. The quantitative estimate of drug-likeness (QED) is 0.713. The fourth-order valence-electron chi connectivity index (χ4n) is 4.46. The lowest BCUT2D eigenvalue weighted by Crippen LogP contribution is -2.49. The number of fused-ring (bicyclic) bond motifs is 3. The Kier molecular flexibility index (Phi) is 4.00. The van der Waals surface area contributed by atoms with Crippen molar-refractivity contribution in [2.24, 2.45) is 0 Å². The van der Waals surface area contributed by atoms with Gasteiger partial charge in [-0.2, -0.15) is 0 Å². The van der Waals surface area contributed by atoms with E-state index < -0.39 is 0 Å². The monoisotopic (exact) mass is 359 g/mol. The van der Waals surface area contributed by atoms with Crippen molar-refractivity contribution >= 4 is 16.8 Å². The van der Waals surface area contributed by atoms with Gasteiger partial charge in [0, 0.05) is 42.6 Å². The summed E-state index contributed by atoms with van der Waals surface area (Å²) in [6.45, 7) is 0. The third kappa shape index (κ3) is 3.03. The molecule has 2 saturated heterocycles. The molecule has 2 fully saturated rings. The number of piperidine rings is 1. The Balaban J connectivity index is 1.34. The van der Waals surface area contributed by atoms with Crippen LogP contribution in [0.3, 0.4) is 0 Å². The summed E-state index contributed by atoms with van der Waals surface area (Å²) in [5.74, 6) is 0.711. The van der Waals surface area contributed by atoms with E-state index in [9.17, 15) is 4.79 Å². The number of nitrogens with zero attached hydrogens (tertiary/aromatic N) is 3. The van der Waals surface area contributed by atoms with Crippen molar-refractivity contribution < 1.29 is 9.53 Å². The molecule has 136 valence electrons. The van der Waals surface area contributed by atoms with E-state index in [1.807, 2.05) is 54.6 Å². The Morgan fingerprint density at radius 2 is 1.74 bits per heavy atom. The van der Waals surface area contributed by atoms with Crippen molar-refractivity contribution in [3.8, 4) is 5.88 Å². The lowest BCUT2D eigenvalue weighted by atomic mass is 9.99. The molecule has 2 aliphatic heterocycles. The summed E-state index contributed by atoms with van der Waals surface area (Å²) in [6.07, 6.45) is 5.64. The molecule has 1 aromatic carbocycles. The van der Waals surface area contributed by atoms with Crippen molar-refractivity contribution in [3.05, 3.63) is 66.5 Å². The molecule has 1 amide bonds. The molecule has 5 nitrogen and oxygen atoms in total. The Bertz CT molecular complexity index is 961. The second-order valence-electron chi connectivity index (χ2n) is 7.37. The van der Waals surface area contributed by atoms with Gasteiger partial charge in [0.1, 0.15) is 11.8 Å². The van der Waals surface area contributed by atoms with Gasteiger partial charge in [-0.25, -0.2) is 9.97 Å². The molecule has 5 rings (SSSR count). The Morgan fingerprint density at radius 1 is 0.963 bits per heavy atom. The number of rotatable bonds is 3. The summed E-state index contributed by atoms with van der Waals surface area (Å²) in [4.78, 5) is 24.1. The first kappa shape index (κ1) is 16.2. The molecule has 2 aliphatic rings. The lowest BCUT2D eigenvalue weighted by Gasteiger charge is -2.38. The van der Waals surface area contributed by atoms with E-state index in [4.69, 9.17) is 4.74 Å². The first-order valence-corrected chi connectivity index (χ1v) is 9.54. The summed E-state index contributed by atoms with van der Waals surface area (Å²) in [5, 5.41) is 1.06. The molecule has 2 unspecified atom stereocenters. The van der Waals surface area contributed by atoms with Gasteiger partial charge >= 0.3 is 0 Å². The molecule has 3 aromatic rings. The first-order chi connectivity index (χ1) is 13.3. The topological polar surface area (TPSA) is 55.3 Å². The lowest BCUT2D eigenvalue weighted by molar-refractivity contribution is 0.0343. The summed E-state index contributed by atoms with van der Waals surface area (Å²) in [5.41, 5.74) is 1.40. The number of aromatic nitrogens is 2. The van der Waals surface area contributed by atoms with Gasteiger partial charge in [0.25, 0.3) is 5.91 Å². The zero-order valence-electron chi connectivity index (χ0n) is 15.0. The molecular formula is C22H21N3O2. The number of hydrogen-bond acceptors (Lipinski definition) is 4. The molecule has 2 bridgehead atoms. The van der Waals surface area contributed by atoms with E-state index in [0.717, 1.165) is 36.6 Å². The average molecular weight is 359 g/mol. The van der Waals surface area contributed by atoms with Crippen LogP contribution >= 0.6 is 0 Å². The zero-order valence-corrected chi connectivity index (χ0v) is 15.0. The van der Waals surface area contributed by atoms with Gasteiger partial charge in [0.2, 0.25) is 5.88 Å². The predicted molar refractivity (Wildman–Crippen MR) is 103 cm³/mol. The molecule has 0 radical (unpaired) electrons. The number of hydrogen-bond donors (Lipinski definition) is 0. The molecule has 5 heteroatoms. The number of para-hydroxylation sites is 1. The van der Waals surface area contributed by atoms with E-state index in [1.54, 1.807) is 6.20 Å². The van der Waals surface area contributed by atoms with Crippen LogP contribution < -0.4 is 4.74 Å². The van der Waals surface area contributed by atoms with Gasteiger partial charge in [0.05, 0.1) is 5.52 Å². The van der Waals surface area contributed by atoms with Crippen LogP contribution in [0.5, 0.6) is 5.88 Å². The van der Waals surface area contributed by atoms with Crippen molar-refractivity contribution in [2.75, 3.05) is 0 Å². The minimum atomic E-state index is 0.0459. The molecule has 0 saturated carbocycles. The number of carbonyl (C=O) groups is 1. The van der Waals surface area contributed by atoms with Gasteiger partial charge in [-0.05, 0) is 31.0 Å². The third-order valence-electron chi connectivity index (χ3n) is 5.67. The fourth-order valence-corrected chi connectivity index (χ4v) is 4.46. The second kappa shape index (κ2) is 6.65. The molecule has 2 aromatic heterocycles. The Morgan fingerprint density at radius 3 is 2.52 bits per heavy atom. The average Bonchev–Trinajstić information content (AvgIpc) is 2.98. The van der Waals surface area contributed by atoms with Gasteiger partial charge in [-0.15, -0.1) is 0 Å². The van der Waals surface area contributed by atoms with Crippen LogP contribution in [0, 0.1) is 0 Å². The van der Waals surface area contributed by atoms with Gasteiger partial charge in [0.15, 0.2) is 0 Å². The highest BCUT2D eigenvalue weighted by Gasteiger charge is 2.44. The van der Waals surface area contributed by atoms with Gasteiger partial charge in [-0.1, -0.05) is 30.3 Å². The van der Waals surface area contributed by atoms with Crippen LogP contribution in [0.15, 0.2) is 60.8 Å². The minimum Gasteiger partial charge on any atom is -0.474 e. The van der Waals surface area contributed by atoms with Crippen LogP contribution in [-0.4, -0.2) is 39.0 Å². The van der Waals surface area contributed by atoms with Gasteiger partial charge < -0.3 is 9.64 Å². The fraction of sp³-hybridized carbons (Fsp3) is 0.318. The molecule has 4 heterocycles. The largest absolute Gasteiger partial charge is 0.474 e. The third-order valence-corrected chi connectivity index (χ3v) is 5.67. The molecule has 0 spiro atoms. The Hall–Kier alpha value is -2.95. The minimum absolute atomic E-state index is 0.0459. The summed E-state index contributed by atoms with van der Waals surface area (Å²) in [6, 6.07) is 17.9. The maximum atomic E-state index is 13.2. The van der Waals surface area contributed by atoms with Gasteiger partial charge in [-0.3, -0.25) is 4.79 Å². The van der Waals surface area contributed by atoms with E-state index in [-0.39, 0.29) is 24.1 Å². The normalized spacial score (nSPS) is 24.1. The van der Waals surface area contributed by atoms with Crippen LogP contribution in [0.1, 0.15) is 36.2 Å². The maximum absolute atomic E-state index is 13.2. The SMILES string of the molecule is O=C(c1ccc2ccccc2n1)N1C2CCC1CC(Oc1ccccn1)C2. The van der Waals surface area contributed by atoms with E-state index in [0.29, 0.717) is 11.6 Å². The molecule has 27 heavy (non-hydrogen) atoms. The standard InChI is InChI=1S/C22H21N3O2/c26-22(20-11-8-15-5-1-2-6-19(15)24-20)25-16-9-10-17(25)14-18(13-16)27-21-7-3-4-12-23-21/h1-8,11-12,16-18H,9-10,13-14H2. The van der Waals surface area contributed by atoms with E-state index >= 15 is 0 Å². The number of benzene rings is 1. The highest BCUT2D eigenvalue weighted by atomic mass is 16.5. The smallest absolute Gasteiger partial charge is 0.272 e. The predicted octanol–water partition coefficient (Wildman–Crippen LogP) is 3.84. The highest BCUT2D eigenvalue weighted by molar-refractivity contribution is 5.95. The molecule has 2 atom stereocenters. The number of pyridine rings is 2. The van der Waals surface area contributed by atoms with Crippen LogP contribution in [0.2, 0.25) is 0 Å². The molecule has 0 aliphatic carbocycles. The highest BCUT2D eigenvalue weighted by Crippen LogP contribution is 2.38. The summed E-state index contributed by atoms with van der Waals surface area (Å²) >= 11 is 0. The molecular weight excluding hydrogens is 338 g/mol. The number of amides is 1. The van der Waals surface area contributed by atoms with E-state index in [2.05, 4.69) is 14.9 Å². The second-order valence-corrected chi connectivity index (χ2v) is 7.37. The number of carbonyl (C=O) groups excluding carboxylic acids is 1. The van der Waals surface area contributed by atoms with Crippen molar-refractivity contribution in [2.45, 2.75) is 43.9 Å². The summed E-state index contributed by atoms with van der Waals surface area (Å²) < 4.78 is 6.06.